The van der Waals surface area contributed by atoms with Gasteiger partial charge in [0.2, 0.25) is 0 Å². The third kappa shape index (κ3) is 3.42. The minimum atomic E-state index is -0.254. The van der Waals surface area contributed by atoms with E-state index < -0.39 is 0 Å². The lowest BCUT2D eigenvalue weighted by Crippen LogP contribution is -2.38. The van der Waals surface area contributed by atoms with Crippen LogP contribution >= 0.6 is 0 Å². The lowest BCUT2D eigenvalue weighted by atomic mass is 9.81. The van der Waals surface area contributed by atoms with Crippen molar-refractivity contribution < 1.29 is 9.53 Å². The van der Waals surface area contributed by atoms with Crippen LogP contribution in [0.3, 0.4) is 0 Å². The second-order valence-corrected chi connectivity index (χ2v) is 11.3. The first-order valence-corrected chi connectivity index (χ1v) is 14.1. The predicted molar refractivity (Wildman–Crippen MR) is 145 cm³/mol. The molecule has 1 unspecified atom stereocenters. The summed E-state index contributed by atoms with van der Waals surface area (Å²) >= 11 is 0. The van der Waals surface area contributed by atoms with Crippen LogP contribution in [0.2, 0.25) is 0 Å². The van der Waals surface area contributed by atoms with E-state index >= 15 is 0 Å². The normalized spacial score (nSPS) is 22.4. The van der Waals surface area contributed by atoms with Crippen molar-refractivity contribution >= 4 is 22.6 Å². The van der Waals surface area contributed by atoms with Gasteiger partial charge in [-0.15, -0.1) is 0 Å². The molecule has 36 heavy (non-hydrogen) atoms. The molecule has 1 atom stereocenters. The zero-order chi connectivity index (χ0) is 24.2. The molecule has 1 saturated carbocycles. The Morgan fingerprint density at radius 2 is 1.72 bits per heavy atom. The summed E-state index contributed by atoms with van der Waals surface area (Å²) in [6.45, 7) is 5.56. The quantitative estimate of drug-likeness (QED) is 0.398. The van der Waals surface area contributed by atoms with Crippen molar-refractivity contribution in [2.75, 3.05) is 38.2 Å². The molecule has 2 fully saturated rings. The molecule has 5 heteroatoms. The molecule has 1 aromatic heterocycles. The molecule has 3 aliphatic heterocycles. The fourth-order valence-corrected chi connectivity index (χ4v) is 7.74. The van der Waals surface area contributed by atoms with E-state index in [0.717, 1.165) is 19.6 Å². The molecule has 0 spiro atoms. The molecule has 0 N–H and O–H groups in total. The number of anilines is 1. The number of carbonyl (C=O) groups is 1. The number of fused-ring (bicyclic) bond motifs is 4. The molecule has 1 saturated heterocycles. The fraction of sp³-hybridized carbons (Fsp3) is 0.516. The fourth-order valence-electron chi connectivity index (χ4n) is 7.74. The molecule has 4 heterocycles. The summed E-state index contributed by atoms with van der Waals surface area (Å²) in [6.07, 6.45) is 10.4. The van der Waals surface area contributed by atoms with Gasteiger partial charge in [-0.2, -0.15) is 0 Å². The number of hydrogen-bond acceptors (Lipinski definition) is 4. The Hall–Kier alpha value is -2.79. The van der Waals surface area contributed by atoms with Crippen LogP contribution in [0.1, 0.15) is 84.8 Å². The standard InChI is InChI=1S/C31H37N3O2/c1-36-31(35)22-12-13-23-27(20-22)34-19-18-33-17-14-26(32-15-5-6-16-32)24-10-7-11-25(29(24)33)30(34)28(23)21-8-3-2-4-9-21/h7,10-13,20-21,26H,2-6,8-9,14-19H2,1H3. The maximum absolute atomic E-state index is 12.5. The monoisotopic (exact) mass is 483 g/mol. The van der Waals surface area contributed by atoms with Crippen LogP contribution in [-0.2, 0) is 11.3 Å². The highest BCUT2D eigenvalue weighted by atomic mass is 16.5. The number of para-hydroxylation sites is 1. The number of carbonyl (C=O) groups excluding carboxylic acids is 1. The van der Waals surface area contributed by atoms with Gasteiger partial charge in [-0.3, -0.25) is 4.90 Å². The number of nitrogens with zero attached hydrogens (tertiary/aromatic N) is 3. The van der Waals surface area contributed by atoms with Gasteiger partial charge in [0, 0.05) is 42.1 Å². The average molecular weight is 484 g/mol. The number of likely N-dealkylation sites (tertiary alicyclic amines) is 1. The zero-order valence-electron chi connectivity index (χ0n) is 21.5. The first-order valence-electron chi connectivity index (χ1n) is 14.1. The first kappa shape index (κ1) is 22.4. The Balaban J connectivity index is 1.47. The van der Waals surface area contributed by atoms with Gasteiger partial charge in [-0.05, 0) is 74.4 Å². The summed E-state index contributed by atoms with van der Waals surface area (Å²) in [5.74, 6) is 0.331. The van der Waals surface area contributed by atoms with E-state index in [4.69, 9.17) is 4.74 Å². The SMILES string of the molecule is COC(=O)c1ccc2c(C3CCCCC3)c3n(c2c1)CCN1CCC(N2CCCC2)c2cccc-3c21. The van der Waals surface area contributed by atoms with Crippen molar-refractivity contribution in [2.24, 2.45) is 0 Å². The number of hydrogen-bond donors (Lipinski definition) is 0. The molecule has 0 bridgehead atoms. The van der Waals surface area contributed by atoms with Crippen LogP contribution < -0.4 is 4.90 Å². The van der Waals surface area contributed by atoms with Gasteiger partial charge in [0.25, 0.3) is 0 Å². The Bertz CT molecular complexity index is 1310. The van der Waals surface area contributed by atoms with Crippen LogP contribution in [0.15, 0.2) is 36.4 Å². The van der Waals surface area contributed by atoms with Crippen LogP contribution in [0, 0.1) is 0 Å². The van der Waals surface area contributed by atoms with Crippen LogP contribution in [0.5, 0.6) is 0 Å². The number of esters is 1. The number of methoxy groups -OCH3 is 1. The van der Waals surface area contributed by atoms with Crippen LogP contribution in [-0.4, -0.2) is 48.7 Å². The molecule has 0 radical (unpaired) electrons. The highest BCUT2D eigenvalue weighted by Crippen LogP contribution is 2.51. The molecule has 7 rings (SSSR count). The highest BCUT2D eigenvalue weighted by Gasteiger charge is 2.36. The summed E-state index contributed by atoms with van der Waals surface area (Å²) in [5, 5.41) is 1.34. The van der Waals surface area contributed by atoms with E-state index in [2.05, 4.69) is 44.7 Å². The summed E-state index contributed by atoms with van der Waals surface area (Å²) in [6, 6.07) is 13.9. The molecular formula is C31H37N3O2. The third-order valence-corrected chi connectivity index (χ3v) is 9.38. The third-order valence-electron chi connectivity index (χ3n) is 9.38. The Labute approximate surface area is 214 Å². The van der Waals surface area contributed by atoms with Crippen LogP contribution in [0.4, 0.5) is 5.69 Å². The van der Waals surface area contributed by atoms with Gasteiger partial charge in [0.15, 0.2) is 0 Å². The van der Waals surface area contributed by atoms with Crippen molar-refractivity contribution in [1.29, 1.82) is 0 Å². The topological polar surface area (TPSA) is 37.7 Å². The second kappa shape index (κ2) is 8.95. The molecule has 4 aliphatic rings. The van der Waals surface area contributed by atoms with Gasteiger partial charge < -0.3 is 14.2 Å². The van der Waals surface area contributed by atoms with Gasteiger partial charge in [0.05, 0.1) is 24.1 Å². The Morgan fingerprint density at radius 1 is 0.889 bits per heavy atom. The summed E-state index contributed by atoms with van der Waals surface area (Å²) in [4.78, 5) is 17.9. The number of rotatable bonds is 3. The predicted octanol–water partition coefficient (Wildman–Crippen LogP) is 6.50. The van der Waals surface area contributed by atoms with Gasteiger partial charge in [-0.25, -0.2) is 4.79 Å². The molecule has 2 aromatic carbocycles. The average Bonchev–Trinajstić information content (AvgIpc) is 3.54. The number of ether oxygens (including phenoxy) is 1. The largest absolute Gasteiger partial charge is 0.465 e. The maximum Gasteiger partial charge on any atom is 0.337 e. The van der Waals surface area contributed by atoms with E-state index in [1.807, 2.05) is 6.07 Å². The summed E-state index contributed by atoms with van der Waals surface area (Å²) < 4.78 is 7.64. The van der Waals surface area contributed by atoms with Crippen molar-refractivity contribution in [3.8, 4) is 11.3 Å². The van der Waals surface area contributed by atoms with Crippen molar-refractivity contribution in [2.45, 2.75) is 69.9 Å². The Morgan fingerprint density at radius 3 is 2.53 bits per heavy atom. The van der Waals surface area contributed by atoms with Crippen molar-refractivity contribution in [1.82, 2.24) is 9.47 Å². The summed E-state index contributed by atoms with van der Waals surface area (Å²) in [5.41, 5.74) is 9.21. The second-order valence-electron chi connectivity index (χ2n) is 11.3. The molecule has 3 aromatic rings. The molecular weight excluding hydrogens is 446 g/mol. The van der Waals surface area contributed by atoms with Gasteiger partial charge in [-0.1, -0.05) is 43.5 Å². The van der Waals surface area contributed by atoms with Crippen molar-refractivity contribution in [3.63, 3.8) is 0 Å². The van der Waals surface area contributed by atoms with Crippen LogP contribution in [0.25, 0.3) is 22.2 Å². The van der Waals surface area contributed by atoms with E-state index in [-0.39, 0.29) is 5.97 Å². The Kier molecular flexibility index (Phi) is 5.57. The van der Waals surface area contributed by atoms with Gasteiger partial charge >= 0.3 is 5.97 Å². The molecule has 1 aliphatic carbocycles. The molecule has 5 nitrogen and oxygen atoms in total. The lowest BCUT2D eigenvalue weighted by molar-refractivity contribution is 0.0601. The smallest absolute Gasteiger partial charge is 0.337 e. The summed E-state index contributed by atoms with van der Waals surface area (Å²) in [7, 11) is 1.47. The number of aromatic nitrogens is 1. The minimum absolute atomic E-state index is 0.254. The van der Waals surface area contributed by atoms with E-state index in [1.54, 1.807) is 0 Å². The maximum atomic E-state index is 12.5. The number of benzene rings is 2. The minimum Gasteiger partial charge on any atom is -0.465 e. The van der Waals surface area contributed by atoms with Gasteiger partial charge in [0.1, 0.15) is 0 Å². The zero-order valence-corrected chi connectivity index (χ0v) is 21.5. The highest BCUT2D eigenvalue weighted by molar-refractivity contribution is 6.00. The van der Waals surface area contributed by atoms with Crippen molar-refractivity contribution in [3.05, 3.63) is 53.1 Å². The van der Waals surface area contributed by atoms with E-state index in [1.165, 1.54) is 111 Å². The van der Waals surface area contributed by atoms with E-state index in [9.17, 15) is 4.79 Å². The molecule has 188 valence electrons. The molecule has 0 amide bonds. The first-order chi connectivity index (χ1) is 17.7. The lowest BCUT2D eigenvalue weighted by Gasteiger charge is -2.40. The van der Waals surface area contributed by atoms with E-state index in [0.29, 0.717) is 17.5 Å².